The number of hydrogen-bond donors (Lipinski definition) is 1. The van der Waals surface area contributed by atoms with Crippen LogP contribution in [0.1, 0.15) is 51.6 Å². The number of fused-ring (bicyclic) bond motifs is 1. The first kappa shape index (κ1) is 23.1. The van der Waals surface area contributed by atoms with E-state index in [2.05, 4.69) is 17.2 Å². The highest BCUT2D eigenvalue weighted by Crippen LogP contribution is 2.24. The Balaban J connectivity index is 1.83. The SMILES string of the molecule is CN(CCC#Cc1cccc2c1n(C)c(=O)n2C1CCC(=O)NC1=O)C(=O)OC(C)(C)C. The third-order valence-electron chi connectivity index (χ3n) is 5.12. The molecule has 0 saturated carbocycles. The summed E-state index contributed by atoms with van der Waals surface area (Å²) in [4.78, 5) is 50.3. The van der Waals surface area contributed by atoms with E-state index in [0.717, 1.165) is 0 Å². The molecule has 1 atom stereocenters. The van der Waals surface area contributed by atoms with Crippen LogP contribution in [0.4, 0.5) is 4.79 Å². The maximum absolute atomic E-state index is 12.9. The van der Waals surface area contributed by atoms with Crippen LogP contribution in [0.2, 0.25) is 0 Å². The first-order chi connectivity index (χ1) is 15.0. The molecule has 1 aromatic carbocycles. The van der Waals surface area contributed by atoms with Gasteiger partial charge in [-0.3, -0.25) is 24.0 Å². The molecule has 2 aromatic rings. The molecule has 9 nitrogen and oxygen atoms in total. The zero-order valence-electron chi connectivity index (χ0n) is 19.0. The molecule has 1 fully saturated rings. The number of para-hydroxylation sites is 1. The van der Waals surface area contributed by atoms with Crippen molar-refractivity contribution in [2.24, 2.45) is 7.05 Å². The quantitative estimate of drug-likeness (QED) is 0.580. The first-order valence-corrected chi connectivity index (χ1v) is 10.5. The largest absolute Gasteiger partial charge is 0.444 e. The van der Waals surface area contributed by atoms with Crippen molar-refractivity contribution < 1.29 is 19.1 Å². The molecule has 3 rings (SSSR count). The first-order valence-electron chi connectivity index (χ1n) is 10.5. The van der Waals surface area contributed by atoms with Gasteiger partial charge < -0.3 is 9.64 Å². The van der Waals surface area contributed by atoms with Crippen molar-refractivity contribution in [2.45, 2.75) is 51.7 Å². The summed E-state index contributed by atoms with van der Waals surface area (Å²) in [6.45, 7) is 5.83. The van der Waals surface area contributed by atoms with Crippen molar-refractivity contribution in [1.82, 2.24) is 19.4 Å². The number of aromatic nitrogens is 2. The van der Waals surface area contributed by atoms with Crippen LogP contribution in [-0.2, 0) is 21.4 Å². The van der Waals surface area contributed by atoms with Crippen molar-refractivity contribution >= 4 is 28.9 Å². The second-order valence-electron chi connectivity index (χ2n) is 8.81. The number of nitrogens with zero attached hydrogens (tertiary/aromatic N) is 3. The molecule has 0 bridgehead atoms. The number of imide groups is 1. The van der Waals surface area contributed by atoms with Gasteiger partial charge in [-0.15, -0.1) is 0 Å². The molecule has 1 aromatic heterocycles. The molecule has 1 aliphatic rings. The average molecular weight is 441 g/mol. The summed E-state index contributed by atoms with van der Waals surface area (Å²) in [7, 11) is 3.29. The summed E-state index contributed by atoms with van der Waals surface area (Å²) in [5, 5.41) is 2.30. The topological polar surface area (TPSA) is 103 Å². The van der Waals surface area contributed by atoms with E-state index in [1.165, 1.54) is 14.0 Å². The van der Waals surface area contributed by atoms with Crippen LogP contribution in [0, 0.1) is 11.8 Å². The highest BCUT2D eigenvalue weighted by Gasteiger charge is 2.31. The number of ether oxygens (including phenoxy) is 1. The van der Waals surface area contributed by atoms with E-state index in [1.54, 1.807) is 32.3 Å². The van der Waals surface area contributed by atoms with E-state index in [0.29, 0.717) is 29.6 Å². The van der Waals surface area contributed by atoms with Gasteiger partial charge in [0.25, 0.3) is 0 Å². The molecule has 1 aliphatic heterocycles. The predicted molar refractivity (Wildman–Crippen MR) is 119 cm³/mol. The smallest absolute Gasteiger partial charge is 0.410 e. The summed E-state index contributed by atoms with van der Waals surface area (Å²) < 4.78 is 8.22. The summed E-state index contributed by atoms with van der Waals surface area (Å²) in [5.74, 6) is 5.32. The maximum Gasteiger partial charge on any atom is 0.410 e. The monoisotopic (exact) mass is 440 g/mol. The lowest BCUT2D eigenvalue weighted by atomic mass is 10.1. The molecule has 3 amide bonds. The molecule has 9 heteroatoms. The van der Waals surface area contributed by atoms with E-state index in [9.17, 15) is 19.2 Å². The van der Waals surface area contributed by atoms with Gasteiger partial charge in [0.1, 0.15) is 11.6 Å². The fourth-order valence-electron chi connectivity index (χ4n) is 3.58. The zero-order valence-corrected chi connectivity index (χ0v) is 19.0. The van der Waals surface area contributed by atoms with E-state index in [4.69, 9.17) is 4.74 Å². The van der Waals surface area contributed by atoms with Gasteiger partial charge in [0, 0.05) is 33.5 Å². The highest BCUT2D eigenvalue weighted by molar-refractivity contribution is 6.00. The van der Waals surface area contributed by atoms with Gasteiger partial charge in [0.2, 0.25) is 11.8 Å². The minimum Gasteiger partial charge on any atom is -0.444 e. The molecule has 170 valence electrons. The normalized spacial score (nSPS) is 16.3. The molecular weight excluding hydrogens is 412 g/mol. The molecule has 0 radical (unpaired) electrons. The van der Waals surface area contributed by atoms with E-state index in [1.807, 2.05) is 20.8 Å². The van der Waals surface area contributed by atoms with Crippen LogP contribution >= 0.6 is 0 Å². The summed E-state index contributed by atoms with van der Waals surface area (Å²) in [6, 6.07) is 4.61. The average Bonchev–Trinajstić information content (AvgIpc) is 2.95. The van der Waals surface area contributed by atoms with E-state index in [-0.39, 0.29) is 24.4 Å². The summed E-state index contributed by atoms with van der Waals surface area (Å²) in [5.41, 5.74) is 0.953. The van der Waals surface area contributed by atoms with Crippen LogP contribution in [-0.4, -0.2) is 51.1 Å². The van der Waals surface area contributed by atoms with Gasteiger partial charge in [0.05, 0.1) is 16.6 Å². The molecule has 0 aliphatic carbocycles. The standard InChI is InChI=1S/C23H28N4O5/c1-23(2,3)32-22(31)25(4)14-7-6-9-15-10-8-11-16-19(15)26(5)21(30)27(16)17-12-13-18(28)24-20(17)29/h8,10-11,17H,7,12-14H2,1-5H3,(H,24,28,29). The predicted octanol–water partition coefficient (Wildman–Crippen LogP) is 1.93. The molecular formula is C23H28N4O5. The van der Waals surface area contributed by atoms with Crippen molar-refractivity contribution in [3.05, 3.63) is 34.2 Å². The Morgan fingerprint density at radius 2 is 2.00 bits per heavy atom. The summed E-state index contributed by atoms with van der Waals surface area (Å²) >= 11 is 0. The van der Waals surface area contributed by atoms with Gasteiger partial charge in [-0.2, -0.15) is 0 Å². The third kappa shape index (κ3) is 4.85. The molecule has 1 saturated heterocycles. The fraction of sp³-hybridized carbons (Fsp3) is 0.478. The number of aryl methyl sites for hydroxylation is 1. The van der Waals surface area contributed by atoms with E-state index >= 15 is 0 Å². The molecule has 32 heavy (non-hydrogen) atoms. The number of imidazole rings is 1. The van der Waals surface area contributed by atoms with Gasteiger partial charge >= 0.3 is 11.8 Å². The molecule has 2 heterocycles. The second-order valence-corrected chi connectivity index (χ2v) is 8.81. The number of nitrogens with one attached hydrogen (secondary N) is 1. The second kappa shape index (κ2) is 8.91. The lowest BCUT2D eigenvalue weighted by Crippen LogP contribution is -2.44. The van der Waals surface area contributed by atoms with Gasteiger partial charge in [-0.1, -0.05) is 17.9 Å². The zero-order chi connectivity index (χ0) is 23.6. The third-order valence-corrected chi connectivity index (χ3v) is 5.12. The minimum absolute atomic E-state index is 0.184. The number of carbonyl (C=O) groups is 3. The van der Waals surface area contributed by atoms with Crippen LogP contribution in [0.3, 0.4) is 0 Å². The fourth-order valence-corrected chi connectivity index (χ4v) is 3.58. The number of rotatable bonds is 3. The van der Waals surface area contributed by atoms with Crippen LogP contribution < -0.4 is 11.0 Å². The lowest BCUT2D eigenvalue weighted by molar-refractivity contribution is -0.135. The number of hydrogen-bond acceptors (Lipinski definition) is 5. The Kier molecular flexibility index (Phi) is 6.44. The van der Waals surface area contributed by atoms with Gasteiger partial charge in [0.15, 0.2) is 0 Å². The van der Waals surface area contributed by atoms with Crippen molar-refractivity contribution in [3.8, 4) is 11.8 Å². The van der Waals surface area contributed by atoms with Crippen LogP contribution in [0.5, 0.6) is 0 Å². The number of piperidine rings is 1. The van der Waals surface area contributed by atoms with Gasteiger partial charge in [-0.05, 0) is 39.3 Å². The molecule has 0 spiro atoms. The highest BCUT2D eigenvalue weighted by atomic mass is 16.6. The molecule has 1 N–H and O–H groups in total. The Labute approximate surface area is 186 Å². The van der Waals surface area contributed by atoms with Crippen molar-refractivity contribution in [1.29, 1.82) is 0 Å². The minimum atomic E-state index is -0.741. The molecule has 1 unspecified atom stereocenters. The maximum atomic E-state index is 12.9. The number of carbonyl (C=O) groups excluding carboxylic acids is 3. The lowest BCUT2D eigenvalue weighted by Gasteiger charge is -2.24. The Bertz CT molecular complexity index is 1190. The van der Waals surface area contributed by atoms with Crippen molar-refractivity contribution in [2.75, 3.05) is 13.6 Å². The Hall–Kier alpha value is -3.54. The van der Waals surface area contributed by atoms with Crippen molar-refractivity contribution in [3.63, 3.8) is 0 Å². The van der Waals surface area contributed by atoms with E-state index < -0.39 is 23.6 Å². The Morgan fingerprint density at radius 3 is 2.66 bits per heavy atom. The number of benzene rings is 1. The number of amides is 3. The summed E-state index contributed by atoms with van der Waals surface area (Å²) in [6.07, 6.45) is 0.471. The van der Waals surface area contributed by atoms with Gasteiger partial charge in [-0.25, -0.2) is 9.59 Å². The van der Waals surface area contributed by atoms with Crippen LogP contribution in [0.25, 0.3) is 11.0 Å². The Morgan fingerprint density at radius 1 is 1.28 bits per heavy atom. The van der Waals surface area contributed by atoms with Crippen LogP contribution in [0.15, 0.2) is 23.0 Å².